The highest BCUT2D eigenvalue weighted by atomic mass is 16.5. The van der Waals surface area contributed by atoms with Gasteiger partial charge in [-0.3, -0.25) is 9.59 Å². The average Bonchev–Trinajstić information content (AvgIpc) is 2.55. The van der Waals surface area contributed by atoms with Gasteiger partial charge in [-0.05, 0) is 50.7 Å². The molecule has 1 heterocycles. The first-order valence-corrected chi connectivity index (χ1v) is 8.49. The molecule has 1 unspecified atom stereocenters. The van der Waals surface area contributed by atoms with E-state index in [4.69, 9.17) is 4.74 Å². The van der Waals surface area contributed by atoms with Crippen LogP contribution in [0.1, 0.15) is 37.8 Å². The van der Waals surface area contributed by atoms with Crippen LogP contribution in [0.3, 0.4) is 0 Å². The van der Waals surface area contributed by atoms with Crippen molar-refractivity contribution in [1.29, 1.82) is 0 Å². The predicted molar refractivity (Wildman–Crippen MR) is 91.9 cm³/mol. The zero-order chi connectivity index (χ0) is 17.7. The number of amides is 1. The largest absolute Gasteiger partial charge is 0.481 e. The molecular weight excluding hydrogens is 306 g/mol. The van der Waals surface area contributed by atoms with Crippen LogP contribution in [0.4, 0.5) is 0 Å². The Bertz CT molecular complexity index is 591. The van der Waals surface area contributed by atoms with Gasteiger partial charge in [-0.15, -0.1) is 0 Å². The van der Waals surface area contributed by atoms with E-state index in [2.05, 4.69) is 5.32 Å². The van der Waals surface area contributed by atoms with E-state index in [-0.39, 0.29) is 18.4 Å². The number of hydrogen-bond acceptors (Lipinski definition) is 3. The maximum Gasteiger partial charge on any atom is 0.308 e. The number of carbonyl (C=O) groups is 2. The summed E-state index contributed by atoms with van der Waals surface area (Å²) >= 11 is 0. The van der Waals surface area contributed by atoms with Gasteiger partial charge in [-0.25, -0.2) is 0 Å². The second-order valence-electron chi connectivity index (χ2n) is 7.04. The van der Waals surface area contributed by atoms with Crippen molar-refractivity contribution in [2.75, 3.05) is 19.8 Å². The van der Waals surface area contributed by atoms with Crippen LogP contribution in [0.25, 0.3) is 0 Å². The molecule has 1 saturated heterocycles. The molecule has 1 aromatic carbocycles. The Kier molecular flexibility index (Phi) is 5.99. The van der Waals surface area contributed by atoms with E-state index in [0.717, 1.165) is 24.0 Å². The van der Waals surface area contributed by atoms with Crippen LogP contribution < -0.4 is 5.32 Å². The molecule has 24 heavy (non-hydrogen) atoms. The molecule has 132 valence electrons. The molecule has 2 rings (SSSR count). The van der Waals surface area contributed by atoms with Gasteiger partial charge in [0.15, 0.2) is 0 Å². The van der Waals surface area contributed by atoms with Crippen molar-refractivity contribution in [3.05, 3.63) is 35.4 Å². The van der Waals surface area contributed by atoms with Gasteiger partial charge in [-0.1, -0.05) is 24.3 Å². The topological polar surface area (TPSA) is 75.6 Å². The molecule has 1 amide bonds. The van der Waals surface area contributed by atoms with E-state index in [1.54, 1.807) is 0 Å². The summed E-state index contributed by atoms with van der Waals surface area (Å²) in [6.45, 7) is 7.07. The first-order valence-electron chi connectivity index (χ1n) is 8.49. The van der Waals surface area contributed by atoms with Crippen molar-refractivity contribution < 1.29 is 19.4 Å². The zero-order valence-electron chi connectivity index (χ0n) is 14.7. The molecule has 1 aromatic rings. The number of carbonyl (C=O) groups excluding carboxylic acids is 1. The lowest BCUT2D eigenvalue weighted by molar-refractivity contribution is -0.145. The lowest BCUT2D eigenvalue weighted by Gasteiger charge is -2.30. The third kappa shape index (κ3) is 4.15. The van der Waals surface area contributed by atoms with Crippen molar-refractivity contribution in [2.24, 2.45) is 11.8 Å². The molecule has 5 heteroatoms. The molecule has 2 N–H and O–H groups in total. The van der Waals surface area contributed by atoms with Gasteiger partial charge in [0.1, 0.15) is 0 Å². The minimum atomic E-state index is -0.851. The highest BCUT2D eigenvalue weighted by molar-refractivity contribution is 5.88. The van der Waals surface area contributed by atoms with Gasteiger partial charge in [0, 0.05) is 19.8 Å². The molecule has 0 aromatic heterocycles. The Labute approximate surface area is 143 Å². The summed E-state index contributed by atoms with van der Waals surface area (Å²) in [6.07, 6.45) is 1.46. The quantitative estimate of drug-likeness (QED) is 0.839. The Hall–Kier alpha value is -1.88. The van der Waals surface area contributed by atoms with Gasteiger partial charge in [-0.2, -0.15) is 0 Å². The highest BCUT2D eigenvalue weighted by Crippen LogP contribution is 2.27. The molecule has 1 atom stereocenters. The van der Waals surface area contributed by atoms with E-state index in [0.29, 0.717) is 13.2 Å². The number of ether oxygens (including phenoxy) is 1. The highest BCUT2D eigenvalue weighted by Gasteiger charge is 2.34. The van der Waals surface area contributed by atoms with Gasteiger partial charge in [0.2, 0.25) is 5.91 Å². The van der Waals surface area contributed by atoms with Crippen LogP contribution in [0.15, 0.2) is 24.3 Å². The maximum atomic E-state index is 12.7. The molecule has 1 fully saturated rings. The fourth-order valence-corrected chi connectivity index (χ4v) is 3.39. The van der Waals surface area contributed by atoms with E-state index < -0.39 is 17.3 Å². The first kappa shape index (κ1) is 18.5. The average molecular weight is 333 g/mol. The fourth-order valence-electron chi connectivity index (χ4n) is 3.39. The molecule has 0 saturated carbocycles. The number of hydrogen-bond donors (Lipinski definition) is 2. The Morgan fingerprint density at radius 2 is 1.92 bits per heavy atom. The second kappa shape index (κ2) is 7.79. The Balaban J connectivity index is 2.04. The molecule has 5 nitrogen and oxygen atoms in total. The Morgan fingerprint density at radius 1 is 1.29 bits per heavy atom. The van der Waals surface area contributed by atoms with Crippen LogP contribution in [0.2, 0.25) is 0 Å². The fraction of sp³-hybridized carbons (Fsp3) is 0.579. The van der Waals surface area contributed by atoms with Crippen molar-refractivity contribution >= 4 is 11.9 Å². The Morgan fingerprint density at radius 3 is 2.50 bits per heavy atom. The number of carboxylic acids is 1. The summed E-state index contributed by atoms with van der Waals surface area (Å²) in [7, 11) is 0. The van der Waals surface area contributed by atoms with Crippen LogP contribution >= 0.6 is 0 Å². The van der Waals surface area contributed by atoms with E-state index in [9.17, 15) is 14.7 Å². The first-order chi connectivity index (χ1) is 11.3. The van der Waals surface area contributed by atoms with Gasteiger partial charge < -0.3 is 15.2 Å². The number of benzene rings is 1. The summed E-state index contributed by atoms with van der Waals surface area (Å²) < 4.78 is 5.30. The smallest absolute Gasteiger partial charge is 0.308 e. The number of rotatable bonds is 6. The molecule has 1 aliphatic heterocycles. The third-order valence-corrected chi connectivity index (χ3v) is 5.02. The lowest BCUT2D eigenvalue weighted by Crippen LogP contribution is -2.45. The normalized spacial score (nSPS) is 17.3. The summed E-state index contributed by atoms with van der Waals surface area (Å²) in [5, 5.41) is 12.4. The van der Waals surface area contributed by atoms with E-state index in [1.165, 1.54) is 0 Å². The van der Waals surface area contributed by atoms with E-state index in [1.807, 2.05) is 45.0 Å². The zero-order valence-corrected chi connectivity index (χ0v) is 14.7. The van der Waals surface area contributed by atoms with Gasteiger partial charge in [0.25, 0.3) is 0 Å². The summed E-state index contributed by atoms with van der Waals surface area (Å²) in [4.78, 5) is 24.3. The molecule has 0 bridgehead atoms. The van der Waals surface area contributed by atoms with Crippen LogP contribution in [-0.2, 0) is 19.7 Å². The minimum absolute atomic E-state index is 0.0538. The standard InChI is InChI=1S/C19H27NO4/c1-13-6-4-5-7-16(13)19(2,3)18(23)20-12-15(17(21)22)14-8-10-24-11-9-14/h4-7,14-15H,8-12H2,1-3H3,(H,20,23)(H,21,22). The number of carboxylic acid groups (broad SMARTS) is 1. The molecule has 0 radical (unpaired) electrons. The number of aryl methyl sites for hydroxylation is 1. The monoisotopic (exact) mass is 333 g/mol. The number of aliphatic carboxylic acids is 1. The third-order valence-electron chi connectivity index (χ3n) is 5.02. The SMILES string of the molecule is Cc1ccccc1C(C)(C)C(=O)NCC(C(=O)O)C1CCOCC1. The number of nitrogens with one attached hydrogen (secondary N) is 1. The van der Waals surface area contributed by atoms with Crippen LogP contribution in [-0.4, -0.2) is 36.7 Å². The second-order valence-corrected chi connectivity index (χ2v) is 7.04. The van der Waals surface area contributed by atoms with Gasteiger partial charge in [0.05, 0.1) is 11.3 Å². The summed E-state index contributed by atoms with van der Waals surface area (Å²) in [5.41, 5.74) is 1.31. The van der Waals surface area contributed by atoms with Crippen LogP contribution in [0, 0.1) is 18.8 Å². The lowest BCUT2D eigenvalue weighted by atomic mass is 9.80. The van der Waals surface area contributed by atoms with Crippen molar-refractivity contribution in [1.82, 2.24) is 5.32 Å². The molecule has 0 spiro atoms. The molecule has 0 aliphatic carbocycles. The van der Waals surface area contributed by atoms with Crippen molar-refractivity contribution in [3.8, 4) is 0 Å². The predicted octanol–water partition coefficient (Wildman–Crippen LogP) is 2.52. The van der Waals surface area contributed by atoms with Crippen molar-refractivity contribution in [3.63, 3.8) is 0 Å². The molecule has 1 aliphatic rings. The van der Waals surface area contributed by atoms with Gasteiger partial charge >= 0.3 is 5.97 Å². The van der Waals surface area contributed by atoms with Crippen molar-refractivity contribution in [2.45, 2.75) is 39.0 Å². The molecular formula is C19H27NO4. The maximum absolute atomic E-state index is 12.7. The summed E-state index contributed by atoms with van der Waals surface area (Å²) in [5.74, 6) is -1.50. The van der Waals surface area contributed by atoms with Crippen LogP contribution in [0.5, 0.6) is 0 Å². The van der Waals surface area contributed by atoms with E-state index >= 15 is 0 Å². The minimum Gasteiger partial charge on any atom is -0.481 e. The summed E-state index contributed by atoms with van der Waals surface area (Å²) in [6, 6.07) is 7.78.